The smallest absolute Gasteiger partial charge is 0.272 e. The molecule has 3 N–H and O–H groups in total. The highest BCUT2D eigenvalue weighted by Gasteiger charge is 2.54. The lowest BCUT2D eigenvalue weighted by molar-refractivity contribution is -0.114. The molecule has 8 nitrogen and oxygen atoms in total. The molecule has 1 aromatic rings. The molecule has 0 spiro atoms. The molecule has 2 heterocycles. The summed E-state index contributed by atoms with van der Waals surface area (Å²) in [6, 6.07) is 0. The number of rotatable bonds is 4. The molecule has 1 aromatic heterocycles. The zero-order valence-electron chi connectivity index (χ0n) is 10.9. The minimum Gasteiger partial charge on any atom is -0.323 e. The molecule has 0 atom stereocenters. The average Bonchev–Trinajstić information content (AvgIpc) is 3.05. The monoisotopic (exact) mass is 317 g/mol. The van der Waals surface area contributed by atoms with Gasteiger partial charge in [-0.25, -0.2) is 8.42 Å². The number of anilines is 1. The molecule has 2 fully saturated rings. The highest BCUT2D eigenvalue weighted by molar-refractivity contribution is 7.91. The summed E-state index contributed by atoms with van der Waals surface area (Å²) in [5.41, 5.74) is 5.77. The Morgan fingerprint density at radius 1 is 1.45 bits per heavy atom. The van der Waals surface area contributed by atoms with E-state index in [-0.39, 0.29) is 20.9 Å². The van der Waals surface area contributed by atoms with Crippen molar-refractivity contribution in [3.05, 3.63) is 0 Å². The first-order valence-corrected chi connectivity index (χ1v) is 8.47. The second kappa shape index (κ2) is 4.45. The van der Waals surface area contributed by atoms with Gasteiger partial charge in [0, 0.05) is 25.6 Å². The molecular weight excluding hydrogens is 302 g/mol. The largest absolute Gasteiger partial charge is 0.323 e. The molecule has 0 aromatic carbocycles. The molecular formula is C10H15N5O3S2. The van der Waals surface area contributed by atoms with Gasteiger partial charge in [-0.05, 0) is 18.8 Å². The summed E-state index contributed by atoms with van der Waals surface area (Å²) in [6.45, 7) is 1.98. The highest BCUT2D eigenvalue weighted by atomic mass is 32.2. The van der Waals surface area contributed by atoms with Crippen molar-refractivity contribution in [2.45, 2.75) is 29.6 Å². The Morgan fingerprint density at radius 3 is 2.65 bits per heavy atom. The van der Waals surface area contributed by atoms with Crippen LogP contribution in [0, 0.1) is 5.92 Å². The van der Waals surface area contributed by atoms with Gasteiger partial charge in [-0.3, -0.25) is 4.79 Å². The Bertz CT molecular complexity index is 646. The van der Waals surface area contributed by atoms with Crippen LogP contribution in [0.25, 0.3) is 0 Å². The van der Waals surface area contributed by atoms with Crippen molar-refractivity contribution in [1.29, 1.82) is 0 Å². The number of hydrogen-bond acceptors (Lipinski definition) is 7. The Kier molecular flexibility index (Phi) is 3.08. The molecule has 0 unspecified atom stereocenters. The van der Waals surface area contributed by atoms with Crippen LogP contribution in [0.2, 0.25) is 0 Å². The number of nitrogens with zero attached hydrogens (tertiary/aromatic N) is 3. The first-order valence-electron chi connectivity index (χ1n) is 6.21. The molecule has 2 aliphatic rings. The van der Waals surface area contributed by atoms with Crippen LogP contribution in [0.15, 0.2) is 4.34 Å². The van der Waals surface area contributed by atoms with Crippen molar-refractivity contribution in [1.82, 2.24) is 14.5 Å². The zero-order valence-corrected chi connectivity index (χ0v) is 12.5. The molecule has 1 saturated carbocycles. The van der Waals surface area contributed by atoms with Crippen LogP contribution in [0.4, 0.5) is 5.13 Å². The number of sulfonamides is 1. The minimum absolute atomic E-state index is 0.112. The van der Waals surface area contributed by atoms with Gasteiger partial charge < -0.3 is 11.1 Å². The Morgan fingerprint density at radius 2 is 2.10 bits per heavy atom. The maximum atomic E-state index is 12.3. The van der Waals surface area contributed by atoms with Gasteiger partial charge in [0.15, 0.2) is 0 Å². The lowest BCUT2D eigenvalue weighted by Gasteiger charge is -2.46. The molecule has 3 rings (SSSR count). The third-order valence-corrected chi connectivity index (χ3v) is 6.56. The predicted octanol–water partition coefficient (Wildman–Crippen LogP) is -0.392. The van der Waals surface area contributed by atoms with Crippen LogP contribution in [-0.4, -0.2) is 47.5 Å². The number of carbonyl (C=O) groups is 1. The van der Waals surface area contributed by atoms with Crippen LogP contribution in [-0.2, 0) is 14.8 Å². The van der Waals surface area contributed by atoms with E-state index in [1.807, 2.05) is 0 Å². The third-order valence-electron chi connectivity index (χ3n) is 3.58. The van der Waals surface area contributed by atoms with Gasteiger partial charge >= 0.3 is 0 Å². The van der Waals surface area contributed by atoms with E-state index in [2.05, 4.69) is 15.5 Å². The van der Waals surface area contributed by atoms with Crippen LogP contribution in [0.3, 0.4) is 0 Å². The van der Waals surface area contributed by atoms with Gasteiger partial charge in [0.25, 0.3) is 10.0 Å². The fourth-order valence-electron chi connectivity index (χ4n) is 2.32. The van der Waals surface area contributed by atoms with Gasteiger partial charge in [-0.1, -0.05) is 11.3 Å². The summed E-state index contributed by atoms with van der Waals surface area (Å²) in [5, 5.41) is 9.88. The highest BCUT2D eigenvalue weighted by Crippen LogP contribution is 2.44. The van der Waals surface area contributed by atoms with E-state index in [1.54, 1.807) is 0 Å². The second-order valence-electron chi connectivity index (χ2n) is 5.33. The van der Waals surface area contributed by atoms with Gasteiger partial charge in [0.1, 0.15) is 0 Å². The lowest BCUT2D eigenvalue weighted by Crippen LogP contribution is -2.69. The molecule has 0 bridgehead atoms. The van der Waals surface area contributed by atoms with Crippen molar-refractivity contribution in [3.8, 4) is 0 Å². The van der Waals surface area contributed by atoms with E-state index in [4.69, 9.17) is 5.73 Å². The first kappa shape index (κ1) is 13.9. The minimum atomic E-state index is -3.65. The number of amides is 1. The van der Waals surface area contributed by atoms with Crippen molar-refractivity contribution in [2.24, 2.45) is 11.7 Å². The number of aromatic nitrogens is 2. The van der Waals surface area contributed by atoms with Crippen molar-refractivity contribution >= 4 is 32.4 Å². The van der Waals surface area contributed by atoms with Crippen molar-refractivity contribution in [2.75, 3.05) is 18.4 Å². The van der Waals surface area contributed by atoms with Gasteiger partial charge in [-0.15, -0.1) is 10.2 Å². The van der Waals surface area contributed by atoms with Crippen LogP contribution < -0.4 is 11.1 Å². The van der Waals surface area contributed by atoms with Crippen LogP contribution in [0.5, 0.6) is 0 Å². The summed E-state index contributed by atoms with van der Waals surface area (Å²) in [4.78, 5) is 10.9. The fourth-order valence-corrected chi connectivity index (χ4v) is 5.01. The molecule has 0 radical (unpaired) electrons. The standard InChI is InChI=1S/C10H15N5O3S2/c1-6(16)12-8-13-14-9(19-8)20(17,18)15-4-10(11,5-15)7-2-3-7/h7H,2-5,11H2,1H3,(H,12,13,16). The maximum Gasteiger partial charge on any atom is 0.272 e. The van der Waals surface area contributed by atoms with E-state index in [9.17, 15) is 13.2 Å². The van der Waals surface area contributed by atoms with Crippen molar-refractivity contribution < 1.29 is 13.2 Å². The summed E-state index contributed by atoms with van der Waals surface area (Å²) >= 11 is 0.845. The van der Waals surface area contributed by atoms with Crippen LogP contribution >= 0.6 is 11.3 Å². The normalized spacial score (nSPS) is 22.3. The Balaban J connectivity index is 1.72. The number of nitrogens with two attached hydrogens (primary N) is 1. The van der Waals surface area contributed by atoms with E-state index < -0.39 is 10.0 Å². The molecule has 10 heteroatoms. The quantitative estimate of drug-likeness (QED) is 0.730. The molecule has 110 valence electrons. The van der Waals surface area contributed by atoms with E-state index in [0.29, 0.717) is 19.0 Å². The van der Waals surface area contributed by atoms with Gasteiger partial charge in [0.05, 0.1) is 0 Å². The van der Waals surface area contributed by atoms with E-state index in [1.165, 1.54) is 11.2 Å². The molecule has 1 aliphatic carbocycles. The molecule has 1 saturated heterocycles. The SMILES string of the molecule is CC(=O)Nc1nnc(S(=O)(=O)N2CC(N)(C3CC3)C2)s1. The first-order chi connectivity index (χ1) is 9.31. The lowest BCUT2D eigenvalue weighted by atomic mass is 9.88. The summed E-state index contributed by atoms with van der Waals surface area (Å²) in [6.07, 6.45) is 2.16. The maximum absolute atomic E-state index is 12.3. The predicted molar refractivity (Wildman–Crippen MR) is 72.6 cm³/mol. The summed E-state index contributed by atoms with van der Waals surface area (Å²) in [7, 11) is -3.65. The average molecular weight is 317 g/mol. The zero-order chi connectivity index (χ0) is 14.5. The number of nitrogens with one attached hydrogen (secondary N) is 1. The van der Waals surface area contributed by atoms with E-state index >= 15 is 0 Å². The van der Waals surface area contributed by atoms with Gasteiger partial charge in [-0.2, -0.15) is 4.31 Å². The Labute approximate surface area is 120 Å². The second-order valence-corrected chi connectivity index (χ2v) is 8.42. The topological polar surface area (TPSA) is 118 Å². The molecule has 1 amide bonds. The number of carbonyl (C=O) groups excluding carboxylic acids is 1. The van der Waals surface area contributed by atoms with Gasteiger partial charge in [0.2, 0.25) is 15.4 Å². The third kappa shape index (κ3) is 2.32. The van der Waals surface area contributed by atoms with E-state index in [0.717, 1.165) is 24.2 Å². The van der Waals surface area contributed by atoms with Crippen molar-refractivity contribution in [3.63, 3.8) is 0 Å². The molecule has 20 heavy (non-hydrogen) atoms. The summed E-state index contributed by atoms with van der Waals surface area (Å²) in [5.74, 6) is 0.127. The fraction of sp³-hybridized carbons (Fsp3) is 0.700. The summed E-state index contributed by atoms with van der Waals surface area (Å²) < 4.78 is 25.8. The molecule has 1 aliphatic heterocycles. The van der Waals surface area contributed by atoms with Crippen LogP contribution in [0.1, 0.15) is 19.8 Å². The number of hydrogen-bond donors (Lipinski definition) is 2. The Hall–Kier alpha value is -1.10.